The van der Waals surface area contributed by atoms with Crippen LogP contribution in [0.15, 0.2) is 0 Å². The molecule has 0 saturated heterocycles. The second-order valence-electron chi connectivity index (χ2n) is 3.24. The second kappa shape index (κ2) is 6.20. The summed E-state index contributed by atoms with van der Waals surface area (Å²) < 4.78 is 0. The van der Waals surface area contributed by atoms with E-state index in [4.69, 9.17) is 0 Å². The molecule has 0 bridgehead atoms. The third-order valence-corrected chi connectivity index (χ3v) is 1.92. The molecule has 0 saturated carbocycles. The monoisotopic (exact) mass is 156 g/mol. The quantitative estimate of drug-likeness (QED) is 0.584. The molecule has 1 atom stereocenters. The third kappa shape index (κ3) is 4.82. The summed E-state index contributed by atoms with van der Waals surface area (Å²) in [6.45, 7) is 6.39. The molecule has 0 aliphatic heterocycles. The molecule has 0 aliphatic rings. The van der Waals surface area contributed by atoms with Crippen LogP contribution in [0.25, 0.3) is 0 Å². The predicted molar refractivity (Wildman–Crippen MR) is 47.0 cm³/mol. The van der Waals surface area contributed by atoms with E-state index < -0.39 is 0 Å². The molecular weight excluding hydrogens is 138 g/mol. The van der Waals surface area contributed by atoms with Gasteiger partial charge in [0.15, 0.2) is 0 Å². The third-order valence-electron chi connectivity index (χ3n) is 1.92. The predicted octanol–water partition coefficient (Wildman–Crippen LogP) is 1.86. The first-order valence-electron chi connectivity index (χ1n) is 4.35. The van der Waals surface area contributed by atoms with Crippen molar-refractivity contribution in [1.82, 2.24) is 5.32 Å². The van der Waals surface area contributed by atoms with Gasteiger partial charge in [-0.2, -0.15) is 0 Å². The molecule has 0 rings (SSSR count). The molecule has 0 heterocycles. The van der Waals surface area contributed by atoms with Crippen LogP contribution >= 0.6 is 0 Å². The Balaban J connectivity index is 3.59. The molecular formula is C9H18NO. The molecule has 0 fully saturated rings. The average molecular weight is 156 g/mol. The van der Waals surface area contributed by atoms with Crippen molar-refractivity contribution in [2.24, 2.45) is 5.92 Å². The maximum Gasteiger partial charge on any atom is 0.309 e. The first kappa shape index (κ1) is 10.5. The van der Waals surface area contributed by atoms with E-state index in [-0.39, 0.29) is 0 Å². The molecule has 0 aromatic carbocycles. The fourth-order valence-electron chi connectivity index (χ4n) is 1.07. The number of amides is 1. The van der Waals surface area contributed by atoms with Crippen LogP contribution in [0.3, 0.4) is 0 Å². The number of carbonyl (C=O) groups excluding carboxylic acids is 1. The molecule has 1 radical (unpaired) electrons. The van der Waals surface area contributed by atoms with Crippen LogP contribution in [-0.2, 0) is 4.79 Å². The van der Waals surface area contributed by atoms with E-state index in [0.717, 1.165) is 6.42 Å². The van der Waals surface area contributed by atoms with Crippen molar-refractivity contribution in [2.75, 3.05) is 0 Å². The lowest BCUT2D eigenvalue weighted by atomic mass is 9.99. The molecule has 0 spiro atoms. The van der Waals surface area contributed by atoms with E-state index in [9.17, 15) is 4.79 Å². The van der Waals surface area contributed by atoms with Gasteiger partial charge in [-0.1, -0.05) is 33.6 Å². The summed E-state index contributed by atoms with van der Waals surface area (Å²) in [4.78, 5) is 10.0. The Bertz CT molecular complexity index is 102. The zero-order valence-electron chi connectivity index (χ0n) is 7.68. The zero-order valence-corrected chi connectivity index (χ0v) is 7.68. The van der Waals surface area contributed by atoms with Crippen LogP contribution in [0.1, 0.15) is 40.0 Å². The van der Waals surface area contributed by atoms with Gasteiger partial charge in [0, 0.05) is 6.04 Å². The molecule has 11 heavy (non-hydrogen) atoms. The lowest BCUT2D eigenvalue weighted by Gasteiger charge is -2.18. The number of unbranched alkanes of at least 4 members (excludes halogenated alkanes) is 1. The molecule has 0 aliphatic carbocycles. The summed E-state index contributed by atoms with van der Waals surface area (Å²) in [5.74, 6) is 0.517. The molecule has 0 aromatic heterocycles. The molecule has 65 valence electrons. The SMILES string of the molecule is CCCCC(N[C]=O)C(C)C. The fourth-order valence-corrected chi connectivity index (χ4v) is 1.07. The molecule has 1 unspecified atom stereocenters. The van der Waals surface area contributed by atoms with Crippen LogP contribution in [0.4, 0.5) is 0 Å². The van der Waals surface area contributed by atoms with Crippen LogP contribution < -0.4 is 5.32 Å². The molecule has 1 amide bonds. The van der Waals surface area contributed by atoms with E-state index in [0.29, 0.717) is 12.0 Å². The number of hydrogen-bond acceptors (Lipinski definition) is 1. The first-order chi connectivity index (χ1) is 5.22. The van der Waals surface area contributed by atoms with Crippen LogP contribution in [-0.4, -0.2) is 12.5 Å². The summed E-state index contributed by atoms with van der Waals surface area (Å²) in [6.07, 6.45) is 5.19. The molecule has 0 aromatic rings. The van der Waals surface area contributed by atoms with E-state index in [1.54, 1.807) is 6.41 Å². The fraction of sp³-hybridized carbons (Fsp3) is 0.889. The first-order valence-corrected chi connectivity index (χ1v) is 4.35. The van der Waals surface area contributed by atoms with Gasteiger partial charge in [-0.05, 0) is 12.3 Å². The number of nitrogens with one attached hydrogen (secondary N) is 1. The minimum atomic E-state index is 0.312. The highest BCUT2D eigenvalue weighted by Crippen LogP contribution is 2.08. The Morgan fingerprint density at radius 1 is 1.45 bits per heavy atom. The van der Waals surface area contributed by atoms with E-state index in [1.807, 2.05) is 0 Å². The smallest absolute Gasteiger partial charge is 0.309 e. The Hall–Kier alpha value is -0.530. The Labute approximate surface area is 69.4 Å². The minimum Gasteiger partial charge on any atom is -0.345 e. The summed E-state index contributed by atoms with van der Waals surface area (Å²) in [5, 5.41) is 2.71. The van der Waals surface area contributed by atoms with Crippen molar-refractivity contribution in [3.05, 3.63) is 0 Å². The maximum absolute atomic E-state index is 10.0. The Morgan fingerprint density at radius 2 is 2.09 bits per heavy atom. The number of hydrogen-bond donors (Lipinski definition) is 1. The van der Waals surface area contributed by atoms with Gasteiger partial charge in [0.25, 0.3) is 0 Å². The van der Waals surface area contributed by atoms with Crippen LogP contribution in [0.2, 0.25) is 0 Å². The van der Waals surface area contributed by atoms with Gasteiger partial charge in [0.05, 0.1) is 0 Å². The van der Waals surface area contributed by atoms with Crippen molar-refractivity contribution in [3.8, 4) is 0 Å². The van der Waals surface area contributed by atoms with Gasteiger partial charge < -0.3 is 5.32 Å². The van der Waals surface area contributed by atoms with Crippen molar-refractivity contribution in [2.45, 2.75) is 46.1 Å². The summed E-state index contributed by atoms with van der Waals surface area (Å²) in [7, 11) is 0. The van der Waals surface area contributed by atoms with Crippen LogP contribution in [0.5, 0.6) is 0 Å². The minimum absolute atomic E-state index is 0.312. The highest BCUT2D eigenvalue weighted by molar-refractivity contribution is 5.47. The lowest BCUT2D eigenvalue weighted by Crippen LogP contribution is -2.32. The van der Waals surface area contributed by atoms with Gasteiger partial charge >= 0.3 is 6.41 Å². The Morgan fingerprint density at radius 3 is 2.45 bits per heavy atom. The largest absolute Gasteiger partial charge is 0.345 e. The maximum atomic E-state index is 10.0. The van der Waals surface area contributed by atoms with Gasteiger partial charge in [-0.3, -0.25) is 4.79 Å². The van der Waals surface area contributed by atoms with Gasteiger partial charge in [0.1, 0.15) is 0 Å². The van der Waals surface area contributed by atoms with Crippen molar-refractivity contribution in [3.63, 3.8) is 0 Å². The van der Waals surface area contributed by atoms with Gasteiger partial charge in [-0.15, -0.1) is 0 Å². The Kier molecular flexibility index (Phi) is 5.90. The topological polar surface area (TPSA) is 29.1 Å². The summed E-state index contributed by atoms with van der Waals surface area (Å²) in [5.41, 5.74) is 0. The van der Waals surface area contributed by atoms with Gasteiger partial charge in [0.2, 0.25) is 0 Å². The summed E-state index contributed by atoms with van der Waals surface area (Å²) in [6, 6.07) is 0.312. The average Bonchev–Trinajstić information content (AvgIpc) is 1.97. The van der Waals surface area contributed by atoms with Crippen molar-refractivity contribution < 1.29 is 4.79 Å². The van der Waals surface area contributed by atoms with Gasteiger partial charge in [-0.25, -0.2) is 0 Å². The standard InChI is InChI=1S/C9H18NO/c1-4-5-6-9(8(2)3)10-7-11/h8-9H,4-6H2,1-3H3,(H,10,11). The van der Waals surface area contributed by atoms with Crippen LogP contribution in [0, 0.1) is 5.92 Å². The van der Waals surface area contributed by atoms with E-state index >= 15 is 0 Å². The zero-order chi connectivity index (χ0) is 8.69. The summed E-state index contributed by atoms with van der Waals surface area (Å²) >= 11 is 0. The lowest BCUT2D eigenvalue weighted by molar-refractivity contribution is 0.402. The van der Waals surface area contributed by atoms with E-state index in [2.05, 4.69) is 26.1 Å². The van der Waals surface area contributed by atoms with Crippen molar-refractivity contribution >= 4 is 6.41 Å². The normalized spacial score (nSPS) is 13.1. The highest BCUT2D eigenvalue weighted by atomic mass is 16.1. The molecule has 1 N–H and O–H groups in total. The number of rotatable bonds is 6. The highest BCUT2D eigenvalue weighted by Gasteiger charge is 2.10. The van der Waals surface area contributed by atoms with E-state index in [1.165, 1.54) is 12.8 Å². The second-order valence-corrected chi connectivity index (χ2v) is 3.24. The molecule has 2 heteroatoms. The van der Waals surface area contributed by atoms with Crippen molar-refractivity contribution in [1.29, 1.82) is 0 Å². The molecule has 2 nitrogen and oxygen atoms in total.